The Kier molecular flexibility index (Phi) is 6.57. The maximum Gasteiger partial charge on any atom is 0.268 e. The highest BCUT2D eigenvalue weighted by Gasteiger charge is 2.20. The Labute approximate surface area is 199 Å². The fraction of sp³-hybridized carbons (Fsp3) is 0.240. The number of nitrogens with zero attached hydrogens (tertiary/aromatic N) is 2. The lowest BCUT2D eigenvalue weighted by Crippen LogP contribution is -2.33. The molecule has 1 atom stereocenters. The number of rotatable bonds is 7. The second kappa shape index (κ2) is 9.91. The van der Waals surface area contributed by atoms with Crippen LogP contribution in [0.1, 0.15) is 12.8 Å². The predicted octanol–water partition coefficient (Wildman–Crippen LogP) is 4.50. The highest BCUT2D eigenvalue weighted by Crippen LogP contribution is 2.32. The predicted molar refractivity (Wildman–Crippen MR) is 133 cm³/mol. The summed E-state index contributed by atoms with van der Waals surface area (Å²) in [7, 11) is 0. The Morgan fingerprint density at radius 3 is 2.64 bits per heavy atom. The number of carbonyl (C=O) groups excluding carboxylic acids is 1. The van der Waals surface area contributed by atoms with Crippen LogP contribution in [0.25, 0.3) is 27.0 Å². The fourth-order valence-corrected chi connectivity index (χ4v) is 5.75. The van der Waals surface area contributed by atoms with E-state index in [2.05, 4.69) is 5.32 Å². The van der Waals surface area contributed by atoms with Crippen molar-refractivity contribution in [3.05, 3.63) is 76.4 Å². The molecule has 2 aromatic heterocycles. The number of amides is 1. The summed E-state index contributed by atoms with van der Waals surface area (Å²) < 4.78 is 7.18. The molecule has 0 bridgehead atoms. The number of fused-ring (bicyclic) bond motifs is 1. The molecule has 1 aliphatic heterocycles. The zero-order valence-corrected chi connectivity index (χ0v) is 19.5. The summed E-state index contributed by atoms with van der Waals surface area (Å²) in [6, 6.07) is 19.3. The number of para-hydroxylation sites is 1. The molecule has 1 saturated heterocycles. The van der Waals surface area contributed by atoms with Crippen LogP contribution < -0.4 is 10.9 Å². The largest absolute Gasteiger partial charge is 0.376 e. The number of carbonyl (C=O) groups is 1. The van der Waals surface area contributed by atoms with Crippen LogP contribution in [0, 0.1) is 0 Å². The molecule has 8 heteroatoms. The maximum absolute atomic E-state index is 13.7. The lowest BCUT2D eigenvalue weighted by molar-refractivity contribution is -0.119. The van der Waals surface area contributed by atoms with Gasteiger partial charge in [-0.15, -0.1) is 11.3 Å². The Morgan fingerprint density at radius 1 is 1.15 bits per heavy atom. The maximum atomic E-state index is 13.7. The Balaban J connectivity index is 1.48. The average molecular weight is 478 g/mol. The van der Waals surface area contributed by atoms with Gasteiger partial charge in [-0.3, -0.25) is 14.2 Å². The molecule has 0 radical (unpaired) electrons. The third-order valence-corrected chi connectivity index (χ3v) is 7.37. The number of hydrogen-bond acceptors (Lipinski definition) is 6. The van der Waals surface area contributed by atoms with E-state index in [9.17, 15) is 9.59 Å². The van der Waals surface area contributed by atoms with Crippen molar-refractivity contribution in [3.63, 3.8) is 0 Å². The number of thioether (sulfide) groups is 1. The normalized spacial score (nSPS) is 15.7. The molecule has 6 nitrogen and oxygen atoms in total. The van der Waals surface area contributed by atoms with Crippen molar-refractivity contribution in [2.24, 2.45) is 0 Å². The second-order valence-electron chi connectivity index (χ2n) is 7.79. The van der Waals surface area contributed by atoms with Crippen LogP contribution in [-0.2, 0) is 9.53 Å². The molecule has 1 fully saturated rings. The zero-order valence-electron chi connectivity index (χ0n) is 17.9. The molecule has 0 spiro atoms. The van der Waals surface area contributed by atoms with Gasteiger partial charge in [0.25, 0.3) is 5.56 Å². The topological polar surface area (TPSA) is 73.2 Å². The summed E-state index contributed by atoms with van der Waals surface area (Å²) in [6.07, 6.45) is 2.11. The van der Waals surface area contributed by atoms with Crippen molar-refractivity contribution >= 4 is 39.2 Å². The van der Waals surface area contributed by atoms with E-state index in [1.165, 1.54) is 23.1 Å². The average Bonchev–Trinajstić information content (AvgIpc) is 3.53. The summed E-state index contributed by atoms with van der Waals surface area (Å²) in [5, 5.41) is 6.02. The number of thiophene rings is 1. The van der Waals surface area contributed by atoms with Gasteiger partial charge in [-0.1, -0.05) is 60.3 Å². The van der Waals surface area contributed by atoms with E-state index >= 15 is 0 Å². The SMILES string of the molecule is O=C(CSc1nc2scc(-c3ccccc3)c2c(=O)n1-c1ccccc1)NC[C@@H]1CCCO1. The number of nitrogens with one attached hydrogen (secondary N) is 1. The van der Waals surface area contributed by atoms with E-state index in [4.69, 9.17) is 9.72 Å². The molecule has 5 rings (SSSR count). The van der Waals surface area contributed by atoms with Crippen LogP contribution in [-0.4, -0.2) is 40.5 Å². The Bertz CT molecular complexity index is 1310. The summed E-state index contributed by atoms with van der Waals surface area (Å²) in [4.78, 5) is 31.7. The van der Waals surface area contributed by atoms with E-state index in [1.807, 2.05) is 66.0 Å². The Hall–Kier alpha value is -2.94. The summed E-state index contributed by atoms with van der Waals surface area (Å²) in [6.45, 7) is 1.27. The summed E-state index contributed by atoms with van der Waals surface area (Å²) >= 11 is 2.72. The minimum atomic E-state index is -0.131. The molecule has 0 saturated carbocycles. The van der Waals surface area contributed by atoms with E-state index in [1.54, 1.807) is 4.57 Å². The molecule has 168 valence electrons. The number of benzene rings is 2. The van der Waals surface area contributed by atoms with Gasteiger partial charge in [0.15, 0.2) is 5.16 Å². The van der Waals surface area contributed by atoms with E-state index in [0.717, 1.165) is 36.3 Å². The van der Waals surface area contributed by atoms with Crippen molar-refractivity contribution in [3.8, 4) is 16.8 Å². The third kappa shape index (κ3) is 4.73. The van der Waals surface area contributed by atoms with Gasteiger partial charge in [0.2, 0.25) is 5.91 Å². The number of aromatic nitrogens is 2. The molecule has 2 aromatic carbocycles. The van der Waals surface area contributed by atoms with Gasteiger partial charge in [-0.2, -0.15) is 0 Å². The smallest absolute Gasteiger partial charge is 0.268 e. The van der Waals surface area contributed by atoms with E-state index in [-0.39, 0.29) is 23.3 Å². The van der Waals surface area contributed by atoms with Gasteiger partial charge in [0, 0.05) is 24.1 Å². The van der Waals surface area contributed by atoms with Crippen LogP contribution >= 0.6 is 23.1 Å². The number of hydrogen-bond donors (Lipinski definition) is 1. The first-order chi connectivity index (χ1) is 16.2. The molecule has 4 aromatic rings. The first-order valence-corrected chi connectivity index (χ1v) is 12.7. The van der Waals surface area contributed by atoms with Crippen molar-refractivity contribution in [2.45, 2.75) is 24.1 Å². The molecule has 0 aliphatic carbocycles. The van der Waals surface area contributed by atoms with Gasteiger partial charge < -0.3 is 10.1 Å². The van der Waals surface area contributed by atoms with Crippen LogP contribution in [0.3, 0.4) is 0 Å². The standard InChI is InChI=1S/C25H23N3O3S2/c29-21(26-14-19-12-7-13-31-19)16-33-25-27-23-22(20(15-32-23)17-8-3-1-4-9-17)24(30)28(25)18-10-5-2-6-11-18/h1-6,8-11,15,19H,7,12-14,16H2,(H,26,29)/t19-/m0/s1. The Morgan fingerprint density at radius 2 is 1.91 bits per heavy atom. The highest BCUT2D eigenvalue weighted by atomic mass is 32.2. The van der Waals surface area contributed by atoms with Gasteiger partial charge in [0.1, 0.15) is 4.83 Å². The lowest BCUT2D eigenvalue weighted by atomic mass is 10.1. The first-order valence-electron chi connectivity index (χ1n) is 10.9. The van der Waals surface area contributed by atoms with Crippen LogP contribution in [0.5, 0.6) is 0 Å². The van der Waals surface area contributed by atoms with Crippen molar-refractivity contribution < 1.29 is 9.53 Å². The van der Waals surface area contributed by atoms with Crippen molar-refractivity contribution in [2.75, 3.05) is 18.9 Å². The quantitative estimate of drug-likeness (QED) is 0.313. The monoisotopic (exact) mass is 477 g/mol. The van der Waals surface area contributed by atoms with Crippen LogP contribution in [0.15, 0.2) is 76.0 Å². The van der Waals surface area contributed by atoms with Gasteiger partial charge >= 0.3 is 0 Å². The zero-order chi connectivity index (χ0) is 22.6. The molecule has 33 heavy (non-hydrogen) atoms. The molecule has 1 amide bonds. The second-order valence-corrected chi connectivity index (χ2v) is 9.59. The first kappa shape index (κ1) is 21.9. The lowest BCUT2D eigenvalue weighted by Gasteiger charge is -2.13. The van der Waals surface area contributed by atoms with Crippen molar-refractivity contribution in [1.82, 2.24) is 14.9 Å². The van der Waals surface area contributed by atoms with Crippen LogP contribution in [0.2, 0.25) is 0 Å². The molecule has 1 N–H and O–H groups in total. The summed E-state index contributed by atoms with van der Waals surface area (Å²) in [5.41, 5.74) is 2.46. The molecule has 3 heterocycles. The minimum Gasteiger partial charge on any atom is -0.376 e. The molecule has 0 unspecified atom stereocenters. The van der Waals surface area contributed by atoms with Crippen molar-refractivity contribution in [1.29, 1.82) is 0 Å². The van der Waals surface area contributed by atoms with Crippen LogP contribution in [0.4, 0.5) is 0 Å². The highest BCUT2D eigenvalue weighted by molar-refractivity contribution is 7.99. The number of ether oxygens (including phenoxy) is 1. The minimum absolute atomic E-state index is 0.0958. The van der Waals surface area contributed by atoms with Gasteiger partial charge in [0.05, 0.1) is 22.9 Å². The molecular weight excluding hydrogens is 454 g/mol. The van der Waals surface area contributed by atoms with Gasteiger partial charge in [-0.05, 0) is 30.5 Å². The van der Waals surface area contributed by atoms with Gasteiger partial charge in [-0.25, -0.2) is 4.98 Å². The fourth-order valence-electron chi connectivity index (χ4n) is 3.92. The van der Waals surface area contributed by atoms with E-state index < -0.39 is 0 Å². The molecular formula is C25H23N3O3S2. The van der Waals surface area contributed by atoms with E-state index in [0.29, 0.717) is 21.9 Å². The molecule has 1 aliphatic rings. The summed E-state index contributed by atoms with van der Waals surface area (Å²) in [5.74, 6) is 0.0784. The third-order valence-electron chi connectivity index (χ3n) is 5.56.